The monoisotopic (exact) mass is 425 g/mol. The van der Waals surface area contributed by atoms with Gasteiger partial charge in [0.2, 0.25) is 5.91 Å². The lowest BCUT2D eigenvalue weighted by Gasteiger charge is -2.19. The van der Waals surface area contributed by atoms with Gasteiger partial charge in [0, 0.05) is 31.7 Å². The first-order valence-electron chi connectivity index (χ1n) is 10.1. The van der Waals surface area contributed by atoms with Crippen LogP contribution in [0, 0.1) is 6.92 Å². The van der Waals surface area contributed by atoms with Crippen LogP contribution in [0.3, 0.4) is 0 Å². The molecule has 0 saturated carbocycles. The molecule has 2 N–H and O–H groups in total. The molecule has 0 atom stereocenters. The number of thiocarbonyl (C=S) groups is 1. The van der Waals surface area contributed by atoms with Crippen LogP contribution in [0.2, 0.25) is 0 Å². The molecule has 1 saturated heterocycles. The number of carbonyl (C=O) groups is 2. The standard InChI is InChI=1S/C23H27N3O3S/c1-3-29-22(28)17-11-10-16(2)20(13-17)25-23(30)24-14-18-7-4-5-8-19(18)15-26-12-6-9-21(26)27/h4-5,7-8,10-11,13H,3,6,9,12,14-15H2,1-2H3,(H2,24,25,30). The van der Waals surface area contributed by atoms with Gasteiger partial charge in [-0.2, -0.15) is 0 Å². The minimum absolute atomic E-state index is 0.215. The molecule has 1 fully saturated rings. The number of aryl methyl sites for hydroxylation is 1. The number of carbonyl (C=O) groups excluding carboxylic acids is 2. The molecule has 1 amide bonds. The Morgan fingerprint density at radius 2 is 1.97 bits per heavy atom. The number of benzene rings is 2. The van der Waals surface area contributed by atoms with Crippen molar-refractivity contribution in [2.24, 2.45) is 0 Å². The molecule has 1 aliphatic heterocycles. The topological polar surface area (TPSA) is 70.7 Å². The summed E-state index contributed by atoms with van der Waals surface area (Å²) >= 11 is 5.46. The number of rotatable bonds is 7. The van der Waals surface area contributed by atoms with Crippen molar-refractivity contribution < 1.29 is 14.3 Å². The van der Waals surface area contributed by atoms with Crippen LogP contribution in [0.1, 0.15) is 46.8 Å². The van der Waals surface area contributed by atoms with Crippen molar-refractivity contribution in [3.63, 3.8) is 0 Å². The number of ether oxygens (including phenoxy) is 1. The average molecular weight is 426 g/mol. The van der Waals surface area contributed by atoms with Gasteiger partial charge in [0.05, 0.1) is 12.2 Å². The molecule has 2 aromatic carbocycles. The van der Waals surface area contributed by atoms with E-state index in [2.05, 4.69) is 10.6 Å². The maximum Gasteiger partial charge on any atom is 0.338 e. The second-order valence-corrected chi connectivity index (χ2v) is 7.65. The van der Waals surface area contributed by atoms with E-state index in [1.54, 1.807) is 19.1 Å². The predicted octanol–water partition coefficient (Wildman–Crippen LogP) is 3.78. The third kappa shape index (κ3) is 5.57. The van der Waals surface area contributed by atoms with Gasteiger partial charge in [0.15, 0.2) is 5.11 Å². The molecule has 0 unspecified atom stereocenters. The molecule has 1 aliphatic rings. The first-order chi connectivity index (χ1) is 14.5. The summed E-state index contributed by atoms with van der Waals surface area (Å²) in [6.45, 7) is 6.04. The van der Waals surface area contributed by atoms with Crippen molar-refractivity contribution in [1.29, 1.82) is 0 Å². The van der Waals surface area contributed by atoms with E-state index in [-0.39, 0.29) is 11.9 Å². The Morgan fingerprint density at radius 3 is 2.67 bits per heavy atom. The summed E-state index contributed by atoms with van der Waals surface area (Å²) < 4.78 is 5.07. The van der Waals surface area contributed by atoms with E-state index in [0.29, 0.717) is 36.8 Å². The fourth-order valence-electron chi connectivity index (χ4n) is 3.40. The van der Waals surface area contributed by atoms with Gasteiger partial charge in [-0.3, -0.25) is 4.79 Å². The molecule has 6 nitrogen and oxygen atoms in total. The minimum Gasteiger partial charge on any atom is -0.462 e. The zero-order valence-electron chi connectivity index (χ0n) is 17.4. The number of hydrogen-bond acceptors (Lipinski definition) is 4. The summed E-state index contributed by atoms with van der Waals surface area (Å²) in [4.78, 5) is 25.8. The fraction of sp³-hybridized carbons (Fsp3) is 0.348. The highest BCUT2D eigenvalue weighted by molar-refractivity contribution is 7.80. The zero-order valence-corrected chi connectivity index (χ0v) is 18.2. The summed E-state index contributed by atoms with van der Waals surface area (Å²) in [5, 5.41) is 6.86. The largest absolute Gasteiger partial charge is 0.462 e. The number of likely N-dealkylation sites (tertiary alicyclic amines) is 1. The van der Waals surface area contributed by atoms with Gasteiger partial charge in [-0.05, 0) is 61.3 Å². The number of hydrogen-bond donors (Lipinski definition) is 2. The van der Waals surface area contributed by atoms with Crippen LogP contribution in [0.15, 0.2) is 42.5 Å². The van der Waals surface area contributed by atoms with E-state index < -0.39 is 0 Å². The minimum atomic E-state index is -0.357. The molecule has 0 spiro atoms. The third-order valence-corrected chi connectivity index (χ3v) is 5.33. The second-order valence-electron chi connectivity index (χ2n) is 7.25. The molecule has 0 radical (unpaired) electrons. The number of anilines is 1. The van der Waals surface area contributed by atoms with E-state index in [1.165, 1.54) is 0 Å². The van der Waals surface area contributed by atoms with E-state index >= 15 is 0 Å². The number of nitrogens with one attached hydrogen (secondary N) is 2. The van der Waals surface area contributed by atoms with Crippen molar-refractivity contribution in [2.75, 3.05) is 18.5 Å². The van der Waals surface area contributed by atoms with Crippen molar-refractivity contribution in [3.05, 3.63) is 64.7 Å². The smallest absolute Gasteiger partial charge is 0.338 e. The van der Waals surface area contributed by atoms with Crippen molar-refractivity contribution in [2.45, 2.75) is 39.8 Å². The summed E-state index contributed by atoms with van der Waals surface area (Å²) in [5.41, 5.74) is 4.42. The van der Waals surface area contributed by atoms with Gasteiger partial charge in [-0.1, -0.05) is 30.3 Å². The van der Waals surface area contributed by atoms with Crippen LogP contribution in [0.5, 0.6) is 0 Å². The Bertz CT molecular complexity index is 945. The second kappa shape index (κ2) is 10.2. The summed E-state index contributed by atoms with van der Waals surface area (Å²) in [6, 6.07) is 13.4. The van der Waals surface area contributed by atoms with Crippen LogP contribution in [-0.2, 0) is 22.6 Å². The van der Waals surface area contributed by atoms with Gasteiger partial charge in [-0.15, -0.1) is 0 Å². The van der Waals surface area contributed by atoms with E-state index in [9.17, 15) is 9.59 Å². The van der Waals surface area contributed by atoms with Crippen LogP contribution < -0.4 is 10.6 Å². The Kier molecular flexibility index (Phi) is 7.41. The maximum absolute atomic E-state index is 12.0. The SMILES string of the molecule is CCOC(=O)c1ccc(C)c(NC(=S)NCc2ccccc2CN2CCCC2=O)c1. The summed E-state index contributed by atoms with van der Waals surface area (Å²) in [5.74, 6) is -0.142. The average Bonchev–Trinajstić information content (AvgIpc) is 3.13. The lowest BCUT2D eigenvalue weighted by Crippen LogP contribution is -2.29. The normalized spacial score (nSPS) is 13.3. The first-order valence-corrected chi connectivity index (χ1v) is 10.6. The molecular weight excluding hydrogens is 398 g/mol. The lowest BCUT2D eigenvalue weighted by atomic mass is 10.1. The molecule has 1 heterocycles. The molecule has 30 heavy (non-hydrogen) atoms. The molecule has 7 heteroatoms. The van der Waals surface area contributed by atoms with Crippen LogP contribution in [0.25, 0.3) is 0 Å². The Balaban J connectivity index is 1.62. The van der Waals surface area contributed by atoms with Gasteiger partial charge in [0.25, 0.3) is 0 Å². The van der Waals surface area contributed by atoms with Crippen molar-refractivity contribution in [1.82, 2.24) is 10.2 Å². The molecule has 158 valence electrons. The summed E-state index contributed by atoms with van der Waals surface area (Å²) in [6.07, 6.45) is 1.57. The fourth-order valence-corrected chi connectivity index (χ4v) is 3.58. The summed E-state index contributed by atoms with van der Waals surface area (Å²) in [7, 11) is 0. The third-order valence-electron chi connectivity index (χ3n) is 5.09. The Labute approximate surface area is 182 Å². The molecule has 3 rings (SSSR count). The Morgan fingerprint density at radius 1 is 1.20 bits per heavy atom. The molecule has 2 aromatic rings. The number of esters is 1. The molecule has 0 bridgehead atoms. The lowest BCUT2D eigenvalue weighted by molar-refractivity contribution is -0.128. The van der Waals surface area contributed by atoms with Crippen LogP contribution in [0.4, 0.5) is 5.69 Å². The number of amides is 1. The Hall–Kier alpha value is -2.93. The highest BCUT2D eigenvalue weighted by Crippen LogP contribution is 2.19. The highest BCUT2D eigenvalue weighted by Gasteiger charge is 2.20. The molecule has 0 aliphatic carbocycles. The van der Waals surface area contributed by atoms with Crippen LogP contribution >= 0.6 is 12.2 Å². The maximum atomic E-state index is 12.0. The van der Waals surface area contributed by atoms with Crippen molar-refractivity contribution in [3.8, 4) is 0 Å². The first kappa shape index (κ1) is 21.8. The van der Waals surface area contributed by atoms with Gasteiger partial charge in [-0.25, -0.2) is 4.79 Å². The predicted molar refractivity (Wildman–Crippen MR) is 121 cm³/mol. The zero-order chi connectivity index (χ0) is 21.5. The van der Waals surface area contributed by atoms with Gasteiger partial charge in [0.1, 0.15) is 0 Å². The highest BCUT2D eigenvalue weighted by atomic mass is 32.1. The van der Waals surface area contributed by atoms with Gasteiger partial charge >= 0.3 is 5.97 Å². The molecule has 0 aromatic heterocycles. The van der Waals surface area contributed by atoms with Crippen LogP contribution in [-0.4, -0.2) is 35.0 Å². The van der Waals surface area contributed by atoms with Gasteiger partial charge < -0.3 is 20.3 Å². The van der Waals surface area contributed by atoms with E-state index in [1.807, 2.05) is 42.2 Å². The number of nitrogens with zero attached hydrogens (tertiary/aromatic N) is 1. The quantitative estimate of drug-likeness (QED) is 0.520. The van der Waals surface area contributed by atoms with Crippen molar-refractivity contribution >= 4 is 34.9 Å². The van der Waals surface area contributed by atoms with E-state index in [4.69, 9.17) is 17.0 Å². The molecular formula is C23H27N3O3S. The van der Waals surface area contributed by atoms with E-state index in [0.717, 1.165) is 35.3 Å².